The van der Waals surface area contributed by atoms with Gasteiger partial charge in [0.15, 0.2) is 9.84 Å². The van der Waals surface area contributed by atoms with Gasteiger partial charge in [0.05, 0.1) is 10.6 Å². The van der Waals surface area contributed by atoms with E-state index in [0.717, 1.165) is 12.8 Å². The molecule has 0 aliphatic carbocycles. The van der Waals surface area contributed by atoms with Crippen molar-refractivity contribution in [2.75, 3.05) is 18.8 Å². The molecule has 1 N–H and O–H groups in total. The molecule has 1 atom stereocenters. The van der Waals surface area contributed by atoms with Crippen LogP contribution in [0.4, 0.5) is 0 Å². The molecule has 0 spiro atoms. The molecule has 0 bridgehead atoms. The molecule has 6 heteroatoms. The van der Waals surface area contributed by atoms with Gasteiger partial charge in [0.2, 0.25) is 0 Å². The topological polar surface area (TPSA) is 74.7 Å². The van der Waals surface area contributed by atoms with Crippen LogP contribution in [0.2, 0.25) is 0 Å². The fourth-order valence-corrected chi connectivity index (χ4v) is 5.03. The third-order valence-electron chi connectivity index (χ3n) is 4.40. The Balaban J connectivity index is 2.24. The van der Waals surface area contributed by atoms with Gasteiger partial charge in [0, 0.05) is 5.56 Å². The highest BCUT2D eigenvalue weighted by atomic mass is 32.2. The van der Waals surface area contributed by atoms with Crippen molar-refractivity contribution in [1.82, 2.24) is 4.90 Å². The molecule has 0 amide bonds. The lowest BCUT2D eigenvalue weighted by Gasteiger charge is -2.42. The fourth-order valence-electron chi connectivity index (χ4n) is 3.39. The zero-order valence-corrected chi connectivity index (χ0v) is 11.9. The Morgan fingerprint density at radius 3 is 2.50 bits per heavy atom. The number of carboxylic acid groups (broad SMARTS) is 1. The number of rotatable bonds is 2. The second-order valence-corrected chi connectivity index (χ2v) is 7.50. The number of sulfone groups is 1. The summed E-state index contributed by atoms with van der Waals surface area (Å²) in [6.07, 6.45) is 2.05. The minimum atomic E-state index is -3.37. The Morgan fingerprint density at radius 2 is 1.85 bits per heavy atom. The van der Waals surface area contributed by atoms with Crippen LogP contribution in [0.3, 0.4) is 0 Å². The first-order chi connectivity index (χ1) is 9.48. The molecule has 3 rings (SSSR count). The minimum Gasteiger partial charge on any atom is -0.480 e. The van der Waals surface area contributed by atoms with E-state index < -0.39 is 21.3 Å². The van der Waals surface area contributed by atoms with E-state index in [1.54, 1.807) is 18.2 Å². The van der Waals surface area contributed by atoms with Gasteiger partial charge in [-0.2, -0.15) is 0 Å². The van der Waals surface area contributed by atoms with Crippen LogP contribution in [0, 0.1) is 0 Å². The predicted molar refractivity (Wildman–Crippen MR) is 73.2 cm³/mol. The first kappa shape index (κ1) is 13.6. The van der Waals surface area contributed by atoms with Gasteiger partial charge in [-0.05, 0) is 38.4 Å². The summed E-state index contributed by atoms with van der Waals surface area (Å²) in [6, 6.07) is 6.54. The number of benzene rings is 1. The van der Waals surface area contributed by atoms with E-state index >= 15 is 0 Å². The van der Waals surface area contributed by atoms with E-state index in [1.165, 1.54) is 6.07 Å². The van der Waals surface area contributed by atoms with Gasteiger partial charge in [0.25, 0.3) is 0 Å². The summed E-state index contributed by atoms with van der Waals surface area (Å²) >= 11 is 0. The van der Waals surface area contributed by atoms with Crippen LogP contribution < -0.4 is 0 Å². The zero-order valence-electron chi connectivity index (χ0n) is 11.1. The Kier molecular flexibility index (Phi) is 3.10. The number of hydrogen-bond donors (Lipinski definition) is 1. The molecule has 2 aliphatic rings. The minimum absolute atomic E-state index is 0.104. The molecule has 5 nitrogen and oxygen atoms in total. The van der Waals surface area contributed by atoms with Crippen LogP contribution in [0.15, 0.2) is 29.2 Å². The van der Waals surface area contributed by atoms with Crippen LogP contribution in [-0.4, -0.2) is 43.2 Å². The number of likely N-dealkylation sites (tertiary alicyclic amines) is 1. The van der Waals surface area contributed by atoms with Gasteiger partial charge in [-0.15, -0.1) is 0 Å². The number of carbonyl (C=O) groups is 1. The van der Waals surface area contributed by atoms with Crippen LogP contribution >= 0.6 is 0 Å². The van der Waals surface area contributed by atoms with Crippen molar-refractivity contribution in [3.8, 4) is 0 Å². The molecule has 1 saturated heterocycles. The number of fused-ring (bicyclic) bond motifs is 1. The highest BCUT2D eigenvalue weighted by molar-refractivity contribution is 7.91. The van der Waals surface area contributed by atoms with Crippen LogP contribution in [0.5, 0.6) is 0 Å². The number of hydrogen-bond acceptors (Lipinski definition) is 4. The van der Waals surface area contributed by atoms with E-state index in [2.05, 4.69) is 0 Å². The summed E-state index contributed by atoms with van der Waals surface area (Å²) in [5.74, 6) is -1.05. The van der Waals surface area contributed by atoms with E-state index in [0.29, 0.717) is 18.7 Å². The molecule has 1 unspecified atom stereocenters. The average Bonchev–Trinajstić information content (AvgIpc) is 2.93. The molecule has 0 radical (unpaired) electrons. The van der Waals surface area contributed by atoms with E-state index in [9.17, 15) is 18.3 Å². The second kappa shape index (κ2) is 4.56. The molecule has 0 saturated carbocycles. The van der Waals surface area contributed by atoms with Crippen molar-refractivity contribution in [2.45, 2.75) is 29.7 Å². The molecule has 0 aromatic heterocycles. The standard InChI is InChI=1S/C14H17NO4S/c16-13(17)14(15-8-3-4-9-15)7-10-20(18,19)12-6-2-1-5-11(12)14/h1-2,5-6H,3-4,7-10H2,(H,16,17). The van der Waals surface area contributed by atoms with Gasteiger partial charge in [-0.3, -0.25) is 4.90 Å². The van der Waals surface area contributed by atoms with E-state index in [1.807, 2.05) is 4.90 Å². The van der Waals surface area contributed by atoms with Crippen molar-refractivity contribution >= 4 is 15.8 Å². The van der Waals surface area contributed by atoms with Gasteiger partial charge in [0.1, 0.15) is 5.54 Å². The van der Waals surface area contributed by atoms with Gasteiger partial charge in [-0.25, -0.2) is 13.2 Å². The fraction of sp³-hybridized carbons (Fsp3) is 0.500. The average molecular weight is 295 g/mol. The Labute approximate surface area is 118 Å². The summed E-state index contributed by atoms with van der Waals surface area (Å²) in [5, 5.41) is 9.83. The zero-order chi connectivity index (χ0) is 14.4. The van der Waals surface area contributed by atoms with Gasteiger partial charge in [-0.1, -0.05) is 18.2 Å². The smallest absolute Gasteiger partial charge is 0.328 e. The van der Waals surface area contributed by atoms with Gasteiger partial charge >= 0.3 is 5.97 Å². The summed E-state index contributed by atoms with van der Waals surface area (Å²) in [4.78, 5) is 14.1. The molecule has 2 heterocycles. The number of aliphatic carboxylic acids is 1. The Hall–Kier alpha value is -1.40. The van der Waals surface area contributed by atoms with Crippen molar-refractivity contribution in [3.63, 3.8) is 0 Å². The molecule has 1 aromatic rings. The summed E-state index contributed by atoms with van der Waals surface area (Å²) < 4.78 is 24.4. The highest BCUT2D eigenvalue weighted by Gasteiger charge is 2.52. The molecule has 108 valence electrons. The quantitative estimate of drug-likeness (QED) is 0.888. The van der Waals surface area contributed by atoms with Crippen LogP contribution in [0.1, 0.15) is 24.8 Å². The number of nitrogens with zero attached hydrogens (tertiary/aromatic N) is 1. The van der Waals surface area contributed by atoms with Gasteiger partial charge < -0.3 is 5.11 Å². The number of carboxylic acids is 1. The lowest BCUT2D eigenvalue weighted by molar-refractivity contribution is -0.152. The summed E-state index contributed by atoms with van der Waals surface area (Å²) in [7, 11) is -3.37. The second-order valence-electron chi connectivity index (χ2n) is 5.42. The monoisotopic (exact) mass is 295 g/mol. The molecule has 1 aromatic carbocycles. The molecule has 2 aliphatic heterocycles. The predicted octanol–water partition coefficient (Wildman–Crippen LogP) is 1.24. The maximum absolute atomic E-state index is 12.2. The molecular formula is C14H17NO4S. The van der Waals surface area contributed by atoms with Crippen molar-refractivity contribution in [1.29, 1.82) is 0 Å². The summed E-state index contributed by atoms with van der Waals surface area (Å²) in [5.41, 5.74) is -0.751. The Morgan fingerprint density at radius 1 is 1.20 bits per heavy atom. The molecule has 20 heavy (non-hydrogen) atoms. The van der Waals surface area contributed by atoms with Crippen LogP contribution in [-0.2, 0) is 20.2 Å². The lowest BCUT2D eigenvalue weighted by Crippen LogP contribution is -2.54. The maximum atomic E-state index is 12.2. The van der Waals surface area contributed by atoms with Crippen LogP contribution in [0.25, 0.3) is 0 Å². The highest BCUT2D eigenvalue weighted by Crippen LogP contribution is 2.43. The largest absolute Gasteiger partial charge is 0.480 e. The normalized spacial score (nSPS) is 29.0. The van der Waals surface area contributed by atoms with Crippen molar-refractivity contribution < 1.29 is 18.3 Å². The third-order valence-corrected chi connectivity index (χ3v) is 6.17. The summed E-state index contributed by atoms with van der Waals surface area (Å²) in [6.45, 7) is 1.42. The van der Waals surface area contributed by atoms with E-state index in [-0.39, 0.29) is 17.1 Å². The molecular weight excluding hydrogens is 278 g/mol. The molecule has 1 fully saturated rings. The van der Waals surface area contributed by atoms with Crippen molar-refractivity contribution in [2.24, 2.45) is 0 Å². The van der Waals surface area contributed by atoms with E-state index in [4.69, 9.17) is 0 Å². The van der Waals surface area contributed by atoms with Crippen molar-refractivity contribution in [3.05, 3.63) is 29.8 Å². The first-order valence-electron chi connectivity index (χ1n) is 6.79. The SMILES string of the molecule is O=C(O)C1(N2CCCC2)CCS(=O)(=O)c2ccccc21. The lowest BCUT2D eigenvalue weighted by atomic mass is 9.85. The maximum Gasteiger partial charge on any atom is 0.328 e. The third kappa shape index (κ3) is 1.78. The Bertz CT molecular complexity index is 649. The first-order valence-corrected chi connectivity index (χ1v) is 8.44.